The zero-order valence-electron chi connectivity index (χ0n) is 4.59. The molecule has 1 saturated heterocycles. The number of nitrogens with two attached hydrogens (primary N) is 1. The molecule has 0 saturated carbocycles. The van der Waals surface area contributed by atoms with E-state index in [0.29, 0.717) is 0 Å². The molecular weight excluding hydrogens is 140 g/mol. The van der Waals surface area contributed by atoms with E-state index in [1.807, 2.05) is 0 Å². The van der Waals surface area contributed by atoms with Crippen LogP contribution in [0.15, 0.2) is 0 Å². The average molecular weight is 146 g/mol. The summed E-state index contributed by atoms with van der Waals surface area (Å²) in [6.07, 6.45) is 0. The van der Waals surface area contributed by atoms with Gasteiger partial charge in [0.1, 0.15) is 6.04 Å². The minimum absolute atomic E-state index is 0.132. The lowest BCUT2D eigenvalue weighted by Crippen LogP contribution is -2.42. The normalized spacial score (nSPS) is 27.4. The number of Topliss-reactive ketones (excluding diaryl/α,β-unsaturated/α-hetero) is 1. The van der Waals surface area contributed by atoms with E-state index in [-0.39, 0.29) is 16.7 Å². The van der Waals surface area contributed by atoms with Crippen LogP contribution in [0.2, 0.25) is 0 Å². The monoisotopic (exact) mass is 146 g/mol. The molecule has 9 heavy (non-hydrogen) atoms. The highest BCUT2D eigenvalue weighted by Crippen LogP contribution is 2.15. The molecule has 0 bridgehead atoms. The lowest BCUT2D eigenvalue weighted by Gasteiger charge is -1.99. The second kappa shape index (κ2) is 2.47. The van der Waals surface area contributed by atoms with Crippen LogP contribution in [0.5, 0.6) is 0 Å². The van der Waals surface area contributed by atoms with Crippen LogP contribution in [0.3, 0.4) is 0 Å². The molecule has 0 radical (unpaired) electrons. The van der Waals surface area contributed by atoms with Crippen LogP contribution < -0.4 is 11.3 Å². The second-order valence-corrected chi connectivity index (χ2v) is 2.65. The molecule has 1 heterocycles. The van der Waals surface area contributed by atoms with E-state index < -0.39 is 6.04 Å². The number of ketones is 1. The lowest BCUT2D eigenvalue weighted by molar-refractivity contribution is -0.122. The van der Waals surface area contributed by atoms with Gasteiger partial charge in [-0.05, 0) is 0 Å². The van der Waals surface area contributed by atoms with Gasteiger partial charge in [0, 0.05) is 0 Å². The molecule has 1 fully saturated rings. The van der Waals surface area contributed by atoms with Crippen molar-refractivity contribution in [1.82, 2.24) is 5.43 Å². The van der Waals surface area contributed by atoms with Crippen molar-refractivity contribution in [2.75, 3.05) is 5.75 Å². The van der Waals surface area contributed by atoms with E-state index in [0.717, 1.165) is 11.8 Å². The largest absolute Gasteiger partial charge is 0.296 e. The summed E-state index contributed by atoms with van der Waals surface area (Å²) in [5.41, 5.74) is 2.14. The Balaban J connectivity index is 2.66. The van der Waals surface area contributed by atoms with Gasteiger partial charge in [-0.25, -0.2) is 5.43 Å². The fourth-order valence-corrected chi connectivity index (χ4v) is 1.42. The third-order valence-electron chi connectivity index (χ3n) is 1.08. The fraction of sp³-hybridized carbons (Fsp3) is 0.500. The summed E-state index contributed by atoms with van der Waals surface area (Å²) in [4.78, 5) is 21.2. The van der Waals surface area contributed by atoms with Crippen LogP contribution in [-0.4, -0.2) is 22.7 Å². The summed E-state index contributed by atoms with van der Waals surface area (Å²) in [5.74, 6) is 5.04. The Hall–Kier alpha value is -0.390. The van der Waals surface area contributed by atoms with Crippen LogP contribution in [0, 0.1) is 0 Å². The number of hydrogen-bond acceptors (Lipinski definition) is 5. The zero-order valence-corrected chi connectivity index (χ0v) is 5.40. The van der Waals surface area contributed by atoms with Gasteiger partial charge in [0.15, 0.2) is 5.78 Å². The SMILES string of the molecule is NNC1C(=O)CSC1=O. The molecule has 0 aromatic rings. The van der Waals surface area contributed by atoms with Gasteiger partial charge in [0.25, 0.3) is 0 Å². The molecule has 0 aliphatic carbocycles. The number of carbonyl (C=O) groups is 2. The van der Waals surface area contributed by atoms with Gasteiger partial charge >= 0.3 is 0 Å². The van der Waals surface area contributed by atoms with E-state index in [1.54, 1.807) is 0 Å². The Morgan fingerprint density at radius 1 is 1.67 bits per heavy atom. The van der Waals surface area contributed by atoms with Crippen molar-refractivity contribution in [2.45, 2.75) is 6.04 Å². The third kappa shape index (κ3) is 1.12. The molecule has 5 heteroatoms. The van der Waals surface area contributed by atoms with Crippen LogP contribution in [0.1, 0.15) is 0 Å². The molecular formula is C4H6N2O2S. The highest BCUT2D eigenvalue weighted by molar-refractivity contribution is 8.15. The maximum absolute atomic E-state index is 10.6. The van der Waals surface area contributed by atoms with Gasteiger partial charge in [-0.1, -0.05) is 11.8 Å². The first-order valence-corrected chi connectivity index (χ1v) is 3.39. The van der Waals surface area contributed by atoms with Crippen molar-refractivity contribution in [1.29, 1.82) is 0 Å². The van der Waals surface area contributed by atoms with E-state index in [2.05, 4.69) is 5.43 Å². The van der Waals surface area contributed by atoms with Gasteiger partial charge in [-0.15, -0.1) is 0 Å². The molecule has 1 aliphatic heterocycles. The van der Waals surface area contributed by atoms with Crippen molar-refractivity contribution in [3.05, 3.63) is 0 Å². The summed E-state index contributed by atoms with van der Waals surface area (Å²) in [6.45, 7) is 0. The molecule has 0 spiro atoms. The predicted octanol–water partition coefficient (Wildman–Crippen LogP) is -1.34. The fourth-order valence-electron chi connectivity index (χ4n) is 0.601. The quantitative estimate of drug-likeness (QED) is 0.272. The van der Waals surface area contributed by atoms with Crippen molar-refractivity contribution in [3.8, 4) is 0 Å². The Morgan fingerprint density at radius 3 is 2.56 bits per heavy atom. The van der Waals surface area contributed by atoms with Gasteiger partial charge < -0.3 is 0 Å². The van der Waals surface area contributed by atoms with E-state index in [4.69, 9.17) is 5.84 Å². The zero-order chi connectivity index (χ0) is 6.85. The maximum Gasteiger partial charge on any atom is 0.215 e. The summed E-state index contributed by atoms with van der Waals surface area (Å²) in [6, 6.07) is -0.755. The Labute approximate surface area is 56.1 Å². The topological polar surface area (TPSA) is 72.2 Å². The average Bonchev–Trinajstić information content (AvgIpc) is 2.12. The third-order valence-corrected chi connectivity index (χ3v) is 2.03. The van der Waals surface area contributed by atoms with Gasteiger partial charge in [0.2, 0.25) is 5.12 Å². The van der Waals surface area contributed by atoms with Crippen molar-refractivity contribution in [2.24, 2.45) is 5.84 Å². The van der Waals surface area contributed by atoms with E-state index in [9.17, 15) is 9.59 Å². The van der Waals surface area contributed by atoms with Crippen molar-refractivity contribution < 1.29 is 9.59 Å². The first-order chi connectivity index (χ1) is 4.25. The first kappa shape index (κ1) is 6.73. The van der Waals surface area contributed by atoms with Crippen LogP contribution in [0.4, 0.5) is 0 Å². The number of hydrazine groups is 1. The molecule has 0 amide bonds. The number of thioether (sulfide) groups is 1. The highest BCUT2D eigenvalue weighted by Gasteiger charge is 2.32. The summed E-state index contributed by atoms with van der Waals surface area (Å²) in [7, 11) is 0. The second-order valence-electron chi connectivity index (χ2n) is 1.67. The molecule has 3 N–H and O–H groups in total. The number of nitrogens with one attached hydrogen (secondary N) is 1. The summed E-state index contributed by atoms with van der Waals surface area (Å²) >= 11 is 1.01. The molecule has 1 unspecified atom stereocenters. The highest BCUT2D eigenvalue weighted by atomic mass is 32.2. The van der Waals surface area contributed by atoms with Crippen LogP contribution in [0.25, 0.3) is 0 Å². The van der Waals surface area contributed by atoms with Crippen molar-refractivity contribution >= 4 is 22.7 Å². The maximum atomic E-state index is 10.6. The number of carbonyl (C=O) groups excluding carboxylic acids is 2. The Bertz CT molecular complexity index is 143. The Kier molecular flexibility index (Phi) is 1.84. The first-order valence-electron chi connectivity index (χ1n) is 2.41. The van der Waals surface area contributed by atoms with Crippen molar-refractivity contribution in [3.63, 3.8) is 0 Å². The molecule has 0 aromatic heterocycles. The smallest absolute Gasteiger partial charge is 0.215 e. The number of rotatable bonds is 1. The molecule has 0 aromatic carbocycles. The van der Waals surface area contributed by atoms with Gasteiger partial charge in [0.05, 0.1) is 5.75 Å². The predicted molar refractivity (Wildman–Crippen MR) is 33.6 cm³/mol. The molecule has 4 nitrogen and oxygen atoms in total. The molecule has 1 aliphatic rings. The van der Waals surface area contributed by atoms with Gasteiger partial charge in [-0.2, -0.15) is 0 Å². The minimum atomic E-state index is -0.755. The minimum Gasteiger partial charge on any atom is -0.296 e. The standard InChI is InChI=1S/C4H6N2O2S/c5-6-3-2(7)1-9-4(3)8/h3,6H,1,5H2. The molecule has 50 valence electrons. The van der Waals surface area contributed by atoms with Crippen LogP contribution >= 0.6 is 11.8 Å². The lowest BCUT2D eigenvalue weighted by atomic mass is 10.2. The van der Waals surface area contributed by atoms with E-state index >= 15 is 0 Å². The summed E-state index contributed by atoms with van der Waals surface area (Å²) in [5, 5.41) is -0.178. The van der Waals surface area contributed by atoms with Gasteiger partial charge in [-0.3, -0.25) is 15.4 Å². The van der Waals surface area contributed by atoms with Crippen LogP contribution in [-0.2, 0) is 9.59 Å². The molecule has 1 atom stereocenters. The van der Waals surface area contributed by atoms with E-state index in [1.165, 1.54) is 0 Å². The Morgan fingerprint density at radius 2 is 2.33 bits per heavy atom. The summed E-state index contributed by atoms with van der Waals surface area (Å²) < 4.78 is 0. The molecule has 1 rings (SSSR count). The number of hydrogen-bond donors (Lipinski definition) is 2.